The van der Waals surface area contributed by atoms with Crippen molar-refractivity contribution in [2.45, 2.75) is 37.6 Å². The zero-order valence-electron chi connectivity index (χ0n) is 13.0. The molecule has 2 saturated heterocycles. The number of ether oxygens (including phenoxy) is 2. The highest BCUT2D eigenvalue weighted by atomic mass is 16.5. The number of aliphatic hydroxyl groups excluding tert-OH is 1. The van der Waals surface area contributed by atoms with Crippen LogP contribution in [0.25, 0.3) is 0 Å². The second kappa shape index (κ2) is 6.36. The number of piperidine rings is 1. The molecule has 2 fully saturated rings. The van der Waals surface area contributed by atoms with E-state index in [2.05, 4.69) is 0 Å². The molecule has 0 radical (unpaired) electrons. The number of β-amino-alcohol motifs (C(OH)–C–C–N with tert-alkyl or cyclic N) is 1. The molecule has 1 aromatic rings. The van der Waals surface area contributed by atoms with Crippen molar-refractivity contribution in [1.29, 1.82) is 0 Å². The van der Waals surface area contributed by atoms with Crippen molar-refractivity contribution in [1.82, 2.24) is 4.90 Å². The number of methoxy groups -OCH3 is 1. The summed E-state index contributed by atoms with van der Waals surface area (Å²) in [7, 11) is 1.65. The predicted molar refractivity (Wildman–Crippen MR) is 81.6 cm³/mol. The van der Waals surface area contributed by atoms with Crippen molar-refractivity contribution in [2.75, 3.05) is 26.8 Å². The van der Waals surface area contributed by atoms with E-state index in [-0.39, 0.29) is 5.91 Å². The van der Waals surface area contributed by atoms with Gasteiger partial charge in [-0.2, -0.15) is 0 Å². The van der Waals surface area contributed by atoms with Gasteiger partial charge in [0.1, 0.15) is 6.10 Å². The van der Waals surface area contributed by atoms with E-state index in [9.17, 15) is 9.90 Å². The van der Waals surface area contributed by atoms with E-state index in [4.69, 9.17) is 9.47 Å². The van der Waals surface area contributed by atoms with Gasteiger partial charge < -0.3 is 19.5 Å². The Bertz CT molecular complexity index is 522. The first-order chi connectivity index (χ1) is 10.6. The average Bonchev–Trinajstić information content (AvgIpc) is 3.00. The lowest BCUT2D eigenvalue weighted by Gasteiger charge is -2.42. The first kappa shape index (κ1) is 15.5. The van der Waals surface area contributed by atoms with Crippen LogP contribution in [0.5, 0.6) is 0 Å². The SMILES string of the molecule is COCc1ccc(C(=O)N2CC[C@@]3(CCCO3)[C@@H](O)C2)cc1. The quantitative estimate of drug-likeness (QED) is 0.921. The molecule has 2 aliphatic rings. The van der Waals surface area contributed by atoms with Crippen LogP contribution in [-0.2, 0) is 16.1 Å². The molecule has 0 unspecified atom stereocenters. The van der Waals surface area contributed by atoms with Crippen LogP contribution in [0.2, 0.25) is 0 Å². The lowest BCUT2D eigenvalue weighted by atomic mass is 9.86. The molecule has 0 aromatic heterocycles. The Hall–Kier alpha value is -1.43. The molecule has 2 heterocycles. The van der Waals surface area contributed by atoms with Crippen LogP contribution in [-0.4, -0.2) is 54.4 Å². The molecule has 120 valence electrons. The second-order valence-electron chi connectivity index (χ2n) is 6.16. The van der Waals surface area contributed by atoms with Crippen LogP contribution in [0.15, 0.2) is 24.3 Å². The molecule has 5 heteroatoms. The zero-order chi connectivity index (χ0) is 15.6. The highest BCUT2D eigenvalue weighted by Crippen LogP contribution is 2.36. The molecule has 1 aromatic carbocycles. The van der Waals surface area contributed by atoms with Crippen molar-refractivity contribution in [3.8, 4) is 0 Å². The van der Waals surface area contributed by atoms with Gasteiger partial charge >= 0.3 is 0 Å². The first-order valence-corrected chi connectivity index (χ1v) is 7.84. The number of benzene rings is 1. The minimum Gasteiger partial charge on any atom is -0.388 e. The fraction of sp³-hybridized carbons (Fsp3) is 0.588. The topological polar surface area (TPSA) is 59.0 Å². The molecule has 2 atom stereocenters. The number of rotatable bonds is 3. The largest absolute Gasteiger partial charge is 0.388 e. The Morgan fingerprint density at radius 2 is 2.18 bits per heavy atom. The number of amides is 1. The monoisotopic (exact) mass is 305 g/mol. The van der Waals surface area contributed by atoms with Crippen molar-refractivity contribution in [3.63, 3.8) is 0 Å². The van der Waals surface area contributed by atoms with E-state index in [1.54, 1.807) is 12.0 Å². The van der Waals surface area contributed by atoms with Gasteiger partial charge in [-0.25, -0.2) is 0 Å². The summed E-state index contributed by atoms with van der Waals surface area (Å²) in [6.45, 7) is 2.23. The third-order valence-corrected chi connectivity index (χ3v) is 4.74. The summed E-state index contributed by atoms with van der Waals surface area (Å²) in [5.41, 5.74) is 1.27. The van der Waals surface area contributed by atoms with Gasteiger partial charge in [-0.3, -0.25) is 4.79 Å². The zero-order valence-corrected chi connectivity index (χ0v) is 13.0. The lowest BCUT2D eigenvalue weighted by molar-refractivity contribution is -0.122. The van der Waals surface area contributed by atoms with E-state index in [0.717, 1.165) is 18.4 Å². The molecule has 0 bridgehead atoms. The van der Waals surface area contributed by atoms with Gasteiger partial charge in [-0.05, 0) is 37.0 Å². The summed E-state index contributed by atoms with van der Waals surface area (Å²) in [6, 6.07) is 7.44. The molecule has 22 heavy (non-hydrogen) atoms. The number of nitrogens with zero attached hydrogens (tertiary/aromatic N) is 1. The van der Waals surface area contributed by atoms with E-state index in [1.165, 1.54) is 0 Å². The summed E-state index contributed by atoms with van der Waals surface area (Å²) in [5, 5.41) is 10.4. The van der Waals surface area contributed by atoms with Gasteiger partial charge in [0.2, 0.25) is 0 Å². The minimum atomic E-state index is -0.597. The Morgan fingerprint density at radius 3 is 2.77 bits per heavy atom. The van der Waals surface area contributed by atoms with Crippen LogP contribution in [0.1, 0.15) is 35.2 Å². The maximum Gasteiger partial charge on any atom is 0.253 e. The van der Waals surface area contributed by atoms with Crippen LogP contribution in [0, 0.1) is 0 Å². The summed E-state index contributed by atoms with van der Waals surface area (Å²) < 4.78 is 10.8. The normalized spacial score (nSPS) is 28.3. The van der Waals surface area contributed by atoms with Gasteiger partial charge in [-0.15, -0.1) is 0 Å². The third kappa shape index (κ3) is 2.89. The maximum absolute atomic E-state index is 12.6. The molecule has 1 N–H and O–H groups in total. The number of likely N-dealkylation sites (tertiary alicyclic amines) is 1. The lowest BCUT2D eigenvalue weighted by Crippen LogP contribution is -2.56. The number of hydrogen-bond donors (Lipinski definition) is 1. The van der Waals surface area contributed by atoms with E-state index in [0.29, 0.717) is 38.3 Å². The summed E-state index contributed by atoms with van der Waals surface area (Å²) in [4.78, 5) is 14.3. The smallest absolute Gasteiger partial charge is 0.253 e. The van der Waals surface area contributed by atoms with Crippen molar-refractivity contribution in [3.05, 3.63) is 35.4 Å². The first-order valence-electron chi connectivity index (χ1n) is 7.84. The highest BCUT2D eigenvalue weighted by molar-refractivity contribution is 5.94. The summed E-state index contributed by atoms with van der Waals surface area (Å²) in [5.74, 6) is -0.0316. The van der Waals surface area contributed by atoms with Gasteiger partial charge in [0.15, 0.2) is 0 Å². The number of hydrogen-bond acceptors (Lipinski definition) is 4. The second-order valence-corrected chi connectivity index (χ2v) is 6.16. The van der Waals surface area contributed by atoms with Crippen molar-refractivity contribution in [2.24, 2.45) is 0 Å². The molecule has 1 amide bonds. The van der Waals surface area contributed by atoms with Gasteiger partial charge in [0, 0.05) is 32.4 Å². The van der Waals surface area contributed by atoms with E-state index >= 15 is 0 Å². The molecule has 5 nitrogen and oxygen atoms in total. The summed E-state index contributed by atoms with van der Waals surface area (Å²) in [6.07, 6.45) is 2.00. The molecule has 0 aliphatic carbocycles. The Morgan fingerprint density at radius 1 is 1.41 bits per heavy atom. The average molecular weight is 305 g/mol. The van der Waals surface area contributed by atoms with E-state index < -0.39 is 11.7 Å². The van der Waals surface area contributed by atoms with Crippen LogP contribution < -0.4 is 0 Å². The highest BCUT2D eigenvalue weighted by Gasteiger charge is 2.46. The van der Waals surface area contributed by atoms with Crippen LogP contribution in [0.3, 0.4) is 0 Å². The summed E-state index contributed by atoms with van der Waals surface area (Å²) >= 11 is 0. The van der Waals surface area contributed by atoms with Gasteiger partial charge in [-0.1, -0.05) is 12.1 Å². The van der Waals surface area contributed by atoms with Crippen molar-refractivity contribution >= 4 is 5.91 Å². The predicted octanol–water partition coefficient (Wildman–Crippen LogP) is 1.59. The Labute approximate surface area is 130 Å². The number of carbonyl (C=O) groups is 1. The molecule has 2 aliphatic heterocycles. The number of carbonyl (C=O) groups excluding carboxylic acids is 1. The molecular weight excluding hydrogens is 282 g/mol. The van der Waals surface area contributed by atoms with E-state index in [1.807, 2.05) is 24.3 Å². The molecule has 1 spiro atoms. The van der Waals surface area contributed by atoms with Gasteiger partial charge in [0.05, 0.1) is 12.2 Å². The maximum atomic E-state index is 12.6. The standard InChI is InChI=1S/C17H23NO4/c1-21-12-13-3-5-14(6-4-13)16(20)18-9-8-17(15(19)11-18)7-2-10-22-17/h3-6,15,19H,2,7-12H2,1H3/t15-,17-/m0/s1. The fourth-order valence-corrected chi connectivity index (χ4v) is 3.41. The Kier molecular flexibility index (Phi) is 4.47. The van der Waals surface area contributed by atoms with Crippen LogP contribution >= 0.6 is 0 Å². The molecular formula is C17H23NO4. The minimum absolute atomic E-state index is 0.0316. The van der Waals surface area contributed by atoms with Gasteiger partial charge in [0.25, 0.3) is 5.91 Å². The molecule has 0 saturated carbocycles. The molecule has 3 rings (SSSR count). The van der Waals surface area contributed by atoms with Crippen molar-refractivity contribution < 1.29 is 19.4 Å². The van der Waals surface area contributed by atoms with Crippen LogP contribution in [0.4, 0.5) is 0 Å². The third-order valence-electron chi connectivity index (χ3n) is 4.74. The Balaban J connectivity index is 1.65. The fourth-order valence-electron chi connectivity index (χ4n) is 3.41. The number of aliphatic hydroxyl groups is 1.